The molecule has 1 aliphatic rings. The van der Waals surface area contributed by atoms with Crippen LogP contribution in [0.5, 0.6) is 5.75 Å². The maximum atomic E-state index is 12.6. The maximum absolute atomic E-state index is 12.6. The molecular formula is C21H25NO3. The molecule has 2 aromatic carbocycles. The van der Waals surface area contributed by atoms with E-state index in [4.69, 9.17) is 9.47 Å². The number of benzene rings is 2. The van der Waals surface area contributed by atoms with Gasteiger partial charge in [-0.3, -0.25) is 4.79 Å². The topological polar surface area (TPSA) is 47.6 Å². The summed E-state index contributed by atoms with van der Waals surface area (Å²) in [5.41, 5.74) is 2.90. The van der Waals surface area contributed by atoms with E-state index in [1.807, 2.05) is 37.3 Å². The Bertz CT molecular complexity index is 723. The predicted molar refractivity (Wildman–Crippen MR) is 98.0 cm³/mol. The monoisotopic (exact) mass is 339 g/mol. The maximum Gasteiger partial charge on any atom is 0.251 e. The van der Waals surface area contributed by atoms with Crippen LogP contribution >= 0.6 is 0 Å². The van der Waals surface area contributed by atoms with Crippen LogP contribution in [0.3, 0.4) is 0 Å². The highest BCUT2D eigenvalue weighted by Crippen LogP contribution is 2.20. The van der Waals surface area contributed by atoms with E-state index in [-0.39, 0.29) is 18.1 Å². The Morgan fingerprint density at radius 3 is 2.88 bits per heavy atom. The first-order valence-corrected chi connectivity index (χ1v) is 8.84. The number of amides is 1. The summed E-state index contributed by atoms with van der Waals surface area (Å²) in [5, 5.41) is 3.06. The van der Waals surface area contributed by atoms with E-state index in [1.54, 1.807) is 12.1 Å². The molecule has 4 nitrogen and oxygen atoms in total. The number of aryl methyl sites for hydroxylation is 1. The van der Waals surface area contributed by atoms with E-state index >= 15 is 0 Å². The zero-order valence-electron chi connectivity index (χ0n) is 14.8. The number of ether oxygens (including phenoxy) is 2. The van der Waals surface area contributed by atoms with Gasteiger partial charge in [-0.25, -0.2) is 0 Å². The summed E-state index contributed by atoms with van der Waals surface area (Å²) in [4.78, 5) is 12.6. The SMILES string of the molecule is Cc1ccccc1C(C)NC(=O)c1cccc(OCC2CCCO2)c1. The average Bonchev–Trinajstić information content (AvgIpc) is 3.14. The number of rotatable bonds is 6. The van der Waals surface area contributed by atoms with Crippen LogP contribution in [0.1, 0.15) is 47.3 Å². The summed E-state index contributed by atoms with van der Waals surface area (Å²) in [6, 6.07) is 15.3. The van der Waals surface area contributed by atoms with Gasteiger partial charge in [0, 0.05) is 12.2 Å². The molecule has 2 unspecified atom stereocenters. The van der Waals surface area contributed by atoms with Crippen LogP contribution in [-0.2, 0) is 4.74 Å². The molecular weight excluding hydrogens is 314 g/mol. The average molecular weight is 339 g/mol. The van der Waals surface area contributed by atoms with Gasteiger partial charge in [0.15, 0.2) is 0 Å². The van der Waals surface area contributed by atoms with Gasteiger partial charge in [0.25, 0.3) is 5.91 Å². The standard InChI is InChI=1S/C21H25NO3/c1-15-7-3-4-11-20(15)16(2)22-21(23)17-8-5-9-18(13-17)25-14-19-10-6-12-24-19/h3-5,7-9,11,13,16,19H,6,10,12,14H2,1-2H3,(H,22,23). The molecule has 3 rings (SSSR count). The second kappa shape index (κ2) is 8.17. The van der Waals surface area contributed by atoms with Crippen molar-refractivity contribution in [2.75, 3.05) is 13.2 Å². The summed E-state index contributed by atoms with van der Waals surface area (Å²) < 4.78 is 11.3. The van der Waals surface area contributed by atoms with Crippen molar-refractivity contribution >= 4 is 5.91 Å². The Labute approximate surface area is 149 Å². The first-order valence-electron chi connectivity index (χ1n) is 8.84. The summed E-state index contributed by atoms with van der Waals surface area (Å²) in [7, 11) is 0. The van der Waals surface area contributed by atoms with Crippen molar-refractivity contribution in [2.45, 2.75) is 38.8 Å². The number of nitrogens with one attached hydrogen (secondary N) is 1. The lowest BCUT2D eigenvalue weighted by atomic mass is 10.0. The quantitative estimate of drug-likeness (QED) is 0.864. The number of carbonyl (C=O) groups is 1. The second-order valence-corrected chi connectivity index (χ2v) is 6.53. The second-order valence-electron chi connectivity index (χ2n) is 6.53. The van der Waals surface area contributed by atoms with Gasteiger partial charge in [-0.1, -0.05) is 30.3 Å². The van der Waals surface area contributed by atoms with Crippen LogP contribution in [0.15, 0.2) is 48.5 Å². The van der Waals surface area contributed by atoms with E-state index in [9.17, 15) is 4.79 Å². The van der Waals surface area contributed by atoms with Gasteiger partial charge in [-0.15, -0.1) is 0 Å². The number of hydrogen-bond acceptors (Lipinski definition) is 3. The molecule has 4 heteroatoms. The van der Waals surface area contributed by atoms with Crippen molar-refractivity contribution < 1.29 is 14.3 Å². The molecule has 1 amide bonds. The van der Waals surface area contributed by atoms with Gasteiger partial charge >= 0.3 is 0 Å². The van der Waals surface area contributed by atoms with Crippen LogP contribution in [0.4, 0.5) is 0 Å². The summed E-state index contributed by atoms with van der Waals surface area (Å²) in [6.07, 6.45) is 2.29. The molecule has 1 heterocycles. The Morgan fingerprint density at radius 1 is 1.28 bits per heavy atom. The summed E-state index contributed by atoms with van der Waals surface area (Å²) in [5.74, 6) is 0.602. The largest absolute Gasteiger partial charge is 0.491 e. The third kappa shape index (κ3) is 4.60. The lowest BCUT2D eigenvalue weighted by molar-refractivity contribution is 0.0679. The van der Waals surface area contributed by atoms with Crippen molar-refractivity contribution in [1.82, 2.24) is 5.32 Å². The first-order chi connectivity index (χ1) is 12.1. The number of hydrogen-bond donors (Lipinski definition) is 1. The third-order valence-corrected chi connectivity index (χ3v) is 4.56. The van der Waals surface area contributed by atoms with Gasteiger partial charge in [-0.05, 0) is 56.0 Å². The van der Waals surface area contributed by atoms with Crippen molar-refractivity contribution in [2.24, 2.45) is 0 Å². The molecule has 25 heavy (non-hydrogen) atoms. The molecule has 132 valence electrons. The Hall–Kier alpha value is -2.33. The molecule has 0 saturated carbocycles. The zero-order valence-corrected chi connectivity index (χ0v) is 14.8. The minimum Gasteiger partial charge on any atom is -0.491 e. The minimum absolute atomic E-state index is 0.0508. The molecule has 1 N–H and O–H groups in total. The highest BCUT2D eigenvalue weighted by Gasteiger charge is 2.17. The van der Waals surface area contributed by atoms with Crippen molar-refractivity contribution in [3.8, 4) is 5.75 Å². The molecule has 1 saturated heterocycles. The Kier molecular flexibility index (Phi) is 5.71. The zero-order chi connectivity index (χ0) is 17.6. The molecule has 1 fully saturated rings. The summed E-state index contributed by atoms with van der Waals surface area (Å²) in [6.45, 7) is 5.40. The molecule has 0 spiro atoms. The van der Waals surface area contributed by atoms with Crippen molar-refractivity contribution in [3.05, 3.63) is 65.2 Å². The van der Waals surface area contributed by atoms with E-state index in [0.29, 0.717) is 17.9 Å². The fourth-order valence-corrected chi connectivity index (χ4v) is 3.12. The molecule has 2 atom stereocenters. The molecule has 0 aliphatic carbocycles. The van der Waals surface area contributed by atoms with Gasteiger partial charge in [0.05, 0.1) is 12.1 Å². The van der Waals surface area contributed by atoms with Crippen molar-refractivity contribution in [3.63, 3.8) is 0 Å². The smallest absolute Gasteiger partial charge is 0.251 e. The van der Waals surface area contributed by atoms with Crippen LogP contribution in [0.25, 0.3) is 0 Å². The van der Waals surface area contributed by atoms with E-state index in [1.165, 1.54) is 5.56 Å². The molecule has 2 aromatic rings. The third-order valence-electron chi connectivity index (χ3n) is 4.56. The van der Waals surface area contributed by atoms with E-state index < -0.39 is 0 Å². The van der Waals surface area contributed by atoms with Crippen LogP contribution in [0.2, 0.25) is 0 Å². The van der Waals surface area contributed by atoms with Gasteiger partial charge < -0.3 is 14.8 Å². The first kappa shape index (κ1) is 17.5. The van der Waals surface area contributed by atoms with Crippen molar-refractivity contribution in [1.29, 1.82) is 0 Å². The van der Waals surface area contributed by atoms with E-state index in [2.05, 4.69) is 18.3 Å². The Balaban J connectivity index is 1.61. The Morgan fingerprint density at radius 2 is 2.12 bits per heavy atom. The fourth-order valence-electron chi connectivity index (χ4n) is 3.12. The summed E-state index contributed by atoms with van der Waals surface area (Å²) >= 11 is 0. The highest BCUT2D eigenvalue weighted by atomic mass is 16.5. The molecule has 1 aliphatic heterocycles. The molecule has 0 bridgehead atoms. The highest BCUT2D eigenvalue weighted by molar-refractivity contribution is 5.94. The van der Waals surface area contributed by atoms with E-state index in [0.717, 1.165) is 25.0 Å². The fraction of sp³-hybridized carbons (Fsp3) is 0.381. The van der Waals surface area contributed by atoms with Gasteiger partial charge in [0.1, 0.15) is 12.4 Å². The van der Waals surface area contributed by atoms with Gasteiger partial charge in [0.2, 0.25) is 0 Å². The lowest BCUT2D eigenvalue weighted by Crippen LogP contribution is -2.27. The molecule has 0 radical (unpaired) electrons. The molecule has 0 aromatic heterocycles. The number of carbonyl (C=O) groups excluding carboxylic acids is 1. The normalized spacial score (nSPS) is 17.9. The predicted octanol–water partition coefficient (Wildman–Crippen LogP) is 4.04. The van der Waals surface area contributed by atoms with Crippen LogP contribution in [0, 0.1) is 6.92 Å². The lowest BCUT2D eigenvalue weighted by Gasteiger charge is -2.17. The van der Waals surface area contributed by atoms with Crippen LogP contribution in [-0.4, -0.2) is 25.2 Å². The van der Waals surface area contributed by atoms with Crippen LogP contribution < -0.4 is 10.1 Å². The minimum atomic E-state index is -0.0988. The van der Waals surface area contributed by atoms with Gasteiger partial charge in [-0.2, -0.15) is 0 Å².